The van der Waals surface area contributed by atoms with Crippen molar-refractivity contribution in [2.75, 3.05) is 0 Å². The summed E-state index contributed by atoms with van der Waals surface area (Å²) in [6.45, 7) is 3.58. The molecule has 0 saturated carbocycles. The quantitative estimate of drug-likeness (QED) is 0.688. The van der Waals surface area contributed by atoms with E-state index in [0.29, 0.717) is 6.42 Å². The summed E-state index contributed by atoms with van der Waals surface area (Å²) in [4.78, 5) is 10.9. The van der Waals surface area contributed by atoms with Gasteiger partial charge in [0, 0.05) is 6.42 Å². The molecule has 1 aromatic rings. The summed E-state index contributed by atoms with van der Waals surface area (Å²) in [7, 11) is 0. The van der Waals surface area contributed by atoms with Crippen molar-refractivity contribution in [3.8, 4) is 0 Å². The van der Waals surface area contributed by atoms with E-state index in [1.165, 1.54) is 0 Å². The molecule has 0 aromatic heterocycles. The Morgan fingerprint density at radius 3 is 2.38 bits per heavy atom. The zero-order chi connectivity index (χ0) is 9.68. The van der Waals surface area contributed by atoms with Crippen molar-refractivity contribution in [3.63, 3.8) is 0 Å². The fourth-order valence-electron chi connectivity index (χ4n) is 1.29. The summed E-state index contributed by atoms with van der Waals surface area (Å²) in [6, 6.07) is 10.00. The third kappa shape index (κ3) is 2.86. The maximum Gasteiger partial charge on any atom is 0.134 e. The van der Waals surface area contributed by atoms with E-state index in [1.54, 1.807) is 6.92 Å². The van der Waals surface area contributed by atoms with Crippen LogP contribution in [0.4, 0.5) is 0 Å². The topological polar surface area (TPSA) is 17.1 Å². The molecule has 68 valence electrons. The summed E-state index contributed by atoms with van der Waals surface area (Å²) in [6.07, 6.45) is 2.53. The molecule has 0 atom stereocenters. The highest BCUT2D eigenvalue weighted by atomic mass is 16.1. The van der Waals surface area contributed by atoms with Crippen molar-refractivity contribution in [1.82, 2.24) is 0 Å². The third-order valence-electron chi connectivity index (χ3n) is 1.93. The molecule has 0 saturated heterocycles. The molecule has 0 heterocycles. The molecular weight excluding hydrogens is 160 g/mol. The van der Waals surface area contributed by atoms with Gasteiger partial charge in [-0.3, -0.25) is 4.79 Å². The van der Waals surface area contributed by atoms with Gasteiger partial charge in [-0.05, 0) is 25.0 Å². The van der Waals surface area contributed by atoms with Gasteiger partial charge in [-0.25, -0.2) is 0 Å². The van der Waals surface area contributed by atoms with Crippen LogP contribution in [0, 0.1) is 0 Å². The second-order valence-electron chi connectivity index (χ2n) is 3.06. The lowest BCUT2D eigenvalue weighted by Gasteiger charge is -2.03. The lowest BCUT2D eigenvalue weighted by Crippen LogP contribution is -1.92. The molecule has 0 aliphatic carbocycles. The third-order valence-corrected chi connectivity index (χ3v) is 1.93. The smallest absolute Gasteiger partial charge is 0.134 e. The van der Waals surface area contributed by atoms with E-state index in [4.69, 9.17) is 0 Å². The van der Waals surface area contributed by atoms with Gasteiger partial charge in [0.25, 0.3) is 0 Å². The van der Waals surface area contributed by atoms with Gasteiger partial charge in [-0.1, -0.05) is 36.4 Å². The molecule has 0 aliphatic rings. The fourth-order valence-corrected chi connectivity index (χ4v) is 1.29. The Morgan fingerprint density at radius 2 is 1.92 bits per heavy atom. The maximum absolute atomic E-state index is 10.9. The average molecular weight is 174 g/mol. The van der Waals surface area contributed by atoms with E-state index < -0.39 is 0 Å². The molecule has 0 amide bonds. The molecule has 0 unspecified atom stereocenters. The fraction of sp³-hybridized carbons (Fsp3) is 0.250. The largest absolute Gasteiger partial charge is 0.300 e. The van der Waals surface area contributed by atoms with Gasteiger partial charge in [0.15, 0.2) is 0 Å². The van der Waals surface area contributed by atoms with Crippen LogP contribution in [0.5, 0.6) is 0 Å². The van der Waals surface area contributed by atoms with Crippen molar-refractivity contribution in [2.45, 2.75) is 20.3 Å². The van der Waals surface area contributed by atoms with E-state index >= 15 is 0 Å². The zero-order valence-electron chi connectivity index (χ0n) is 8.08. The summed E-state index contributed by atoms with van der Waals surface area (Å²) >= 11 is 0. The van der Waals surface area contributed by atoms with Gasteiger partial charge >= 0.3 is 0 Å². The average Bonchev–Trinajstić information content (AvgIpc) is 2.15. The van der Waals surface area contributed by atoms with Crippen LogP contribution in [0.15, 0.2) is 36.4 Å². The van der Waals surface area contributed by atoms with Gasteiger partial charge < -0.3 is 0 Å². The zero-order valence-corrected chi connectivity index (χ0v) is 8.08. The van der Waals surface area contributed by atoms with E-state index in [-0.39, 0.29) is 5.78 Å². The normalized spacial score (nSPS) is 11.4. The number of rotatable bonds is 3. The molecule has 0 radical (unpaired) electrons. The second kappa shape index (κ2) is 4.61. The minimum absolute atomic E-state index is 0.206. The molecule has 1 aromatic carbocycles. The first kappa shape index (κ1) is 9.72. The number of allylic oxidation sites excluding steroid dienone is 2. The van der Waals surface area contributed by atoms with Crippen molar-refractivity contribution in [2.24, 2.45) is 0 Å². The molecule has 1 nitrogen and oxygen atoms in total. The first-order valence-corrected chi connectivity index (χ1v) is 4.44. The first-order chi connectivity index (χ1) is 6.24. The number of benzene rings is 1. The molecule has 13 heavy (non-hydrogen) atoms. The van der Waals surface area contributed by atoms with Crippen molar-refractivity contribution in [3.05, 3.63) is 42.0 Å². The minimum Gasteiger partial charge on any atom is -0.300 e. The maximum atomic E-state index is 10.9. The summed E-state index contributed by atoms with van der Waals surface area (Å²) in [5.41, 5.74) is 2.24. The van der Waals surface area contributed by atoms with Crippen LogP contribution in [-0.2, 0) is 4.79 Å². The van der Waals surface area contributed by atoms with Gasteiger partial charge in [-0.2, -0.15) is 0 Å². The molecule has 0 spiro atoms. The molecule has 1 rings (SSSR count). The second-order valence-corrected chi connectivity index (χ2v) is 3.06. The number of hydrogen-bond acceptors (Lipinski definition) is 1. The molecule has 0 fully saturated rings. The van der Waals surface area contributed by atoms with Crippen LogP contribution in [0.25, 0.3) is 5.57 Å². The lowest BCUT2D eigenvalue weighted by molar-refractivity contribution is -0.116. The van der Waals surface area contributed by atoms with E-state index in [9.17, 15) is 4.79 Å². The molecule has 0 aliphatic heterocycles. The molecule has 1 heteroatoms. The highest BCUT2D eigenvalue weighted by Gasteiger charge is 2.01. The number of Topliss-reactive ketones (excluding diaryl/α,β-unsaturated/α-hetero) is 1. The predicted octanol–water partition coefficient (Wildman–Crippen LogP) is 3.07. The molecular formula is C12H14O. The van der Waals surface area contributed by atoms with Crippen LogP contribution in [0.2, 0.25) is 0 Å². The number of carbonyl (C=O) groups excluding carboxylic acids is 1. The van der Waals surface area contributed by atoms with Gasteiger partial charge in [0.1, 0.15) is 5.78 Å². The monoisotopic (exact) mass is 174 g/mol. The van der Waals surface area contributed by atoms with Crippen molar-refractivity contribution >= 4 is 11.4 Å². The SMILES string of the molecule is CC=C(CC(C)=O)c1ccccc1. The Morgan fingerprint density at radius 1 is 1.31 bits per heavy atom. The Bertz CT molecular complexity index is 309. The highest BCUT2D eigenvalue weighted by molar-refractivity contribution is 5.88. The number of ketones is 1. The number of hydrogen-bond donors (Lipinski definition) is 0. The van der Waals surface area contributed by atoms with Crippen LogP contribution in [-0.4, -0.2) is 5.78 Å². The van der Waals surface area contributed by atoms with Crippen LogP contribution >= 0.6 is 0 Å². The van der Waals surface area contributed by atoms with E-state index in [0.717, 1.165) is 11.1 Å². The first-order valence-electron chi connectivity index (χ1n) is 4.44. The Labute approximate surface area is 79.1 Å². The minimum atomic E-state index is 0.206. The van der Waals surface area contributed by atoms with Crippen molar-refractivity contribution < 1.29 is 4.79 Å². The Kier molecular flexibility index (Phi) is 3.44. The molecule has 0 bridgehead atoms. The van der Waals surface area contributed by atoms with E-state index in [1.807, 2.05) is 43.3 Å². The van der Waals surface area contributed by atoms with Crippen LogP contribution in [0.1, 0.15) is 25.8 Å². The van der Waals surface area contributed by atoms with Crippen LogP contribution in [0.3, 0.4) is 0 Å². The standard InChI is InChI=1S/C12H14O/c1-3-11(9-10(2)13)12-7-5-4-6-8-12/h3-8H,9H2,1-2H3. The van der Waals surface area contributed by atoms with Crippen molar-refractivity contribution in [1.29, 1.82) is 0 Å². The Hall–Kier alpha value is -1.37. The summed E-state index contributed by atoms with van der Waals surface area (Å²) < 4.78 is 0. The van der Waals surface area contributed by atoms with Gasteiger partial charge in [0.2, 0.25) is 0 Å². The van der Waals surface area contributed by atoms with E-state index in [2.05, 4.69) is 0 Å². The van der Waals surface area contributed by atoms with Crippen LogP contribution < -0.4 is 0 Å². The summed E-state index contributed by atoms with van der Waals surface area (Å²) in [5, 5.41) is 0. The highest BCUT2D eigenvalue weighted by Crippen LogP contribution is 2.17. The lowest BCUT2D eigenvalue weighted by atomic mass is 10.0. The Balaban J connectivity index is 2.86. The number of carbonyl (C=O) groups is 1. The van der Waals surface area contributed by atoms with Gasteiger partial charge in [-0.15, -0.1) is 0 Å². The molecule has 0 N–H and O–H groups in total. The predicted molar refractivity (Wildman–Crippen MR) is 55.4 cm³/mol. The summed E-state index contributed by atoms with van der Waals surface area (Å²) in [5.74, 6) is 0.206. The van der Waals surface area contributed by atoms with Gasteiger partial charge in [0.05, 0.1) is 0 Å².